The highest BCUT2D eigenvalue weighted by molar-refractivity contribution is 7.39. The third-order valence-corrected chi connectivity index (χ3v) is 1.33. The number of hydrogen-bond acceptors (Lipinski definition) is 4. The topological polar surface area (TPSA) is 69.9 Å². The molecule has 3 N–H and O–H groups in total. The maximum Gasteiger partial charge on any atom is 0.390 e. The van der Waals surface area contributed by atoms with Gasteiger partial charge in [0.25, 0.3) is 0 Å². The third-order valence-electron chi connectivity index (χ3n) is 0.995. The lowest BCUT2D eigenvalue weighted by molar-refractivity contribution is 0.343. The molecule has 1 aromatic rings. The van der Waals surface area contributed by atoms with Crippen LogP contribution in [0.5, 0.6) is 5.75 Å². The minimum absolute atomic E-state index is 0.0893. The molecule has 0 spiro atoms. The molecule has 0 saturated carbocycles. The summed E-state index contributed by atoms with van der Waals surface area (Å²) in [5.41, 5.74) is 0. The van der Waals surface area contributed by atoms with Gasteiger partial charge in [0.05, 0.1) is 6.26 Å². The Morgan fingerprint density at radius 1 is 1.29 bits per heavy atom. The van der Waals surface area contributed by atoms with E-state index in [9.17, 15) is 4.39 Å². The molecule has 0 aromatic heterocycles. The van der Waals surface area contributed by atoms with E-state index in [0.717, 1.165) is 6.26 Å². The van der Waals surface area contributed by atoms with Crippen LogP contribution in [-0.4, -0.2) is 14.9 Å². The van der Waals surface area contributed by atoms with Crippen molar-refractivity contribution in [3.05, 3.63) is 42.9 Å². The lowest BCUT2D eigenvalue weighted by Crippen LogP contribution is -1.67. The minimum atomic E-state index is -2.22. The molecular weight excluding hydrogens is 210 g/mol. The van der Waals surface area contributed by atoms with Crippen LogP contribution in [0.2, 0.25) is 0 Å². The smallest absolute Gasteiger partial charge is 0.390 e. The van der Waals surface area contributed by atoms with E-state index < -0.39 is 8.60 Å². The predicted molar refractivity (Wildman–Crippen MR) is 50.7 cm³/mol. The van der Waals surface area contributed by atoms with Crippen LogP contribution < -0.4 is 0 Å². The first-order valence-corrected chi connectivity index (χ1v) is 4.63. The molecule has 14 heavy (non-hydrogen) atoms. The highest BCUT2D eigenvalue weighted by Gasteiger charge is 1.89. The van der Waals surface area contributed by atoms with Crippen LogP contribution in [-0.2, 0) is 4.52 Å². The van der Waals surface area contributed by atoms with Gasteiger partial charge in [-0.1, -0.05) is 6.58 Å². The quantitative estimate of drug-likeness (QED) is 0.525. The lowest BCUT2D eigenvalue weighted by atomic mass is 10.3. The summed E-state index contributed by atoms with van der Waals surface area (Å²) in [5, 5.41) is 8.59. The van der Waals surface area contributed by atoms with Crippen LogP contribution in [0.4, 0.5) is 4.39 Å². The second-order valence-corrected chi connectivity index (χ2v) is 2.72. The number of halogens is 1. The Morgan fingerprint density at radius 2 is 1.79 bits per heavy atom. The summed E-state index contributed by atoms with van der Waals surface area (Å²) in [5.74, 6) is -0.241. The lowest BCUT2D eigenvalue weighted by Gasteiger charge is -1.93. The van der Waals surface area contributed by atoms with Gasteiger partial charge in [-0.15, -0.1) is 0 Å². The second kappa shape index (κ2) is 7.26. The number of rotatable bonds is 2. The van der Waals surface area contributed by atoms with Gasteiger partial charge < -0.3 is 19.4 Å². The van der Waals surface area contributed by atoms with Crippen LogP contribution in [0.1, 0.15) is 0 Å². The van der Waals surface area contributed by atoms with Gasteiger partial charge in [0, 0.05) is 0 Å². The molecule has 0 bridgehead atoms. The van der Waals surface area contributed by atoms with Crippen LogP contribution in [0.15, 0.2) is 37.1 Å². The van der Waals surface area contributed by atoms with Crippen molar-refractivity contribution in [1.82, 2.24) is 0 Å². The van der Waals surface area contributed by atoms with E-state index in [1.54, 1.807) is 0 Å². The Morgan fingerprint density at radius 3 is 2.00 bits per heavy atom. The van der Waals surface area contributed by atoms with E-state index in [1.807, 2.05) is 0 Å². The average molecular weight is 220 g/mol. The van der Waals surface area contributed by atoms with Crippen molar-refractivity contribution >= 4 is 8.60 Å². The maximum absolute atomic E-state index is 12.0. The van der Waals surface area contributed by atoms with Gasteiger partial charge >= 0.3 is 8.60 Å². The fraction of sp³-hybridized carbons (Fsp3) is 0. The molecule has 78 valence electrons. The molecule has 0 aliphatic heterocycles. The molecule has 6 heteroatoms. The summed E-state index contributed by atoms with van der Waals surface area (Å²) in [6.45, 7) is 3.07. The summed E-state index contributed by atoms with van der Waals surface area (Å²) in [4.78, 5) is 15.8. The van der Waals surface area contributed by atoms with Gasteiger partial charge in [-0.2, -0.15) is 0 Å². The van der Waals surface area contributed by atoms with E-state index in [2.05, 4.69) is 11.1 Å². The number of hydrogen-bond donors (Lipinski definition) is 3. The zero-order valence-electron chi connectivity index (χ0n) is 7.17. The molecule has 0 fully saturated rings. The van der Waals surface area contributed by atoms with E-state index in [4.69, 9.17) is 14.9 Å². The Labute approximate surface area is 81.9 Å². The van der Waals surface area contributed by atoms with E-state index in [0.29, 0.717) is 0 Å². The number of aromatic hydroxyl groups is 1. The molecule has 0 saturated heterocycles. The first-order chi connectivity index (χ1) is 6.56. The fourth-order valence-electron chi connectivity index (χ4n) is 0.508. The second-order valence-electron chi connectivity index (χ2n) is 2.00. The zero-order valence-corrected chi connectivity index (χ0v) is 8.06. The van der Waals surface area contributed by atoms with Crippen LogP contribution >= 0.6 is 8.60 Å². The zero-order chi connectivity index (χ0) is 11.0. The van der Waals surface area contributed by atoms with Crippen molar-refractivity contribution in [3.63, 3.8) is 0 Å². The standard InChI is InChI=1S/C6H5FO.C2H5O3P/c7-5-1-3-6(8)4-2-5;1-2-5-6(3)4/h1-4,8H;2-4H,1H2. The minimum Gasteiger partial charge on any atom is -0.508 e. The van der Waals surface area contributed by atoms with E-state index in [-0.39, 0.29) is 11.6 Å². The summed E-state index contributed by atoms with van der Waals surface area (Å²) in [6.07, 6.45) is 0.978. The Bertz CT molecular complexity index is 242. The maximum atomic E-state index is 12.0. The summed E-state index contributed by atoms with van der Waals surface area (Å²) < 4.78 is 16.0. The number of phenolic OH excluding ortho intramolecular Hbond substituents is 1. The monoisotopic (exact) mass is 220 g/mol. The van der Waals surface area contributed by atoms with Gasteiger partial charge in [-0.05, 0) is 24.3 Å². The van der Waals surface area contributed by atoms with Gasteiger partial charge in [0.15, 0.2) is 0 Å². The molecular formula is C8H10FO4P. The van der Waals surface area contributed by atoms with Gasteiger partial charge in [0.1, 0.15) is 11.6 Å². The highest BCUT2D eigenvalue weighted by atomic mass is 31.2. The molecule has 0 radical (unpaired) electrons. The summed E-state index contributed by atoms with van der Waals surface area (Å²) in [7, 11) is -2.22. The molecule has 0 aliphatic rings. The molecule has 0 unspecified atom stereocenters. The Hall–Kier alpha value is -1.16. The molecule has 4 nitrogen and oxygen atoms in total. The van der Waals surface area contributed by atoms with Crippen molar-refractivity contribution in [2.24, 2.45) is 0 Å². The Balaban J connectivity index is 0.000000255. The van der Waals surface area contributed by atoms with Crippen LogP contribution in [0.3, 0.4) is 0 Å². The normalized spacial score (nSPS) is 8.86. The summed E-state index contributed by atoms with van der Waals surface area (Å²) in [6, 6.07) is 5.01. The van der Waals surface area contributed by atoms with E-state index >= 15 is 0 Å². The third kappa shape index (κ3) is 7.49. The molecule has 0 heterocycles. The fourth-order valence-corrected chi connectivity index (χ4v) is 0.641. The summed E-state index contributed by atoms with van der Waals surface area (Å²) >= 11 is 0. The molecule has 1 rings (SSSR count). The molecule has 0 atom stereocenters. The Kier molecular flexibility index (Phi) is 6.66. The molecule has 0 amide bonds. The molecule has 0 aliphatic carbocycles. The molecule has 1 aromatic carbocycles. The predicted octanol–water partition coefficient (Wildman–Crippen LogP) is 1.89. The highest BCUT2D eigenvalue weighted by Crippen LogP contribution is 2.23. The SMILES string of the molecule is C=COP(O)O.Oc1ccc(F)cc1. The number of phenols is 1. The van der Waals surface area contributed by atoms with Crippen molar-refractivity contribution in [3.8, 4) is 5.75 Å². The number of benzene rings is 1. The van der Waals surface area contributed by atoms with E-state index in [1.165, 1.54) is 24.3 Å². The van der Waals surface area contributed by atoms with Gasteiger partial charge in [-0.25, -0.2) is 4.39 Å². The van der Waals surface area contributed by atoms with Crippen molar-refractivity contribution in [2.75, 3.05) is 0 Å². The first-order valence-electron chi connectivity index (χ1n) is 3.46. The van der Waals surface area contributed by atoms with Crippen molar-refractivity contribution in [1.29, 1.82) is 0 Å². The van der Waals surface area contributed by atoms with Gasteiger partial charge in [-0.3, -0.25) is 0 Å². The first kappa shape index (κ1) is 12.8. The van der Waals surface area contributed by atoms with Crippen LogP contribution in [0.25, 0.3) is 0 Å². The largest absolute Gasteiger partial charge is 0.508 e. The van der Waals surface area contributed by atoms with Gasteiger partial charge in [0.2, 0.25) is 0 Å². The van der Waals surface area contributed by atoms with Crippen molar-refractivity contribution < 1.29 is 23.8 Å². The average Bonchev–Trinajstić information content (AvgIpc) is 2.11. The van der Waals surface area contributed by atoms with Crippen molar-refractivity contribution in [2.45, 2.75) is 0 Å². The van der Waals surface area contributed by atoms with Crippen LogP contribution in [0, 0.1) is 5.82 Å².